The van der Waals surface area contributed by atoms with Gasteiger partial charge in [0.05, 0.1) is 6.20 Å². The molecule has 6 nitrogen and oxygen atoms in total. The normalized spacial score (nSPS) is 21.1. The minimum Gasteiger partial charge on any atom is -0.299 e. The SMILES string of the molecule is Cn1cc(S(=O)(=O)NCc2ccc3c(c2)C(Cc2ccccc2)C(N2CCC2)C3)cn1. The van der Waals surface area contributed by atoms with Gasteiger partial charge in [0, 0.05) is 31.7 Å². The average molecular weight is 437 g/mol. The van der Waals surface area contributed by atoms with Gasteiger partial charge in [-0.05, 0) is 54.6 Å². The van der Waals surface area contributed by atoms with Crippen LogP contribution in [-0.2, 0) is 36.5 Å². The lowest BCUT2D eigenvalue weighted by atomic mass is 9.88. The standard InChI is InChI=1S/C24H28N4O2S/c1-27-17-21(16-25-27)31(29,30)26-15-19-8-9-20-14-24(28-10-5-11-28)23(22(20)13-19)12-18-6-3-2-4-7-18/h2-4,6-9,13,16-17,23-24,26H,5,10-12,14-15H2,1H3. The zero-order valence-corrected chi connectivity index (χ0v) is 18.6. The molecule has 31 heavy (non-hydrogen) atoms. The molecule has 1 aliphatic heterocycles. The number of aromatic nitrogens is 2. The second kappa shape index (κ2) is 8.22. The van der Waals surface area contributed by atoms with Crippen molar-refractivity contribution in [2.75, 3.05) is 13.1 Å². The number of hydrogen-bond donors (Lipinski definition) is 1. The zero-order chi connectivity index (χ0) is 21.4. The summed E-state index contributed by atoms with van der Waals surface area (Å²) in [5.41, 5.74) is 5.12. The quantitative estimate of drug-likeness (QED) is 0.619. The van der Waals surface area contributed by atoms with Gasteiger partial charge in [0.25, 0.3) is 0 Å². The molecule has 1 aliphatic carbocycles. The number of sulfonamides is 1. The summed E-state index contributed by atoms with van der Waals surface area (Å²) >= 11 is 0. The summed E-state index contributed by atoms with van der Waals surface area (Å²) in [5, 5.41) is 3.97. The zero-order valence-electron chi connectivity index (χ0n) is 17.7. The topological polar surface area (TPSA) is 67.2 Å². The van der Waals surface area contributed by atoms with Crippen LogP contribution in [0.2, 0.25) is 0 Å². The van der Waals surface area contributed by atoms with Crippen LogP contribution in [0.1, 0.15) is 34.6 Å². The first-order valence-electron chi connectivity index (χ1n) is 10.9. The summed E-state index contributed by atoms with van der Waals surface area (Å²) in [7, 11) is -1.87. The average Bonchev–Trinajstić information content (AvgIpc) is 3.31. The first-order valence-corrected chi connectivity index (χ1v) is 12.4. The molecule has 162 valence electrons. The van der Waals surface area contributed by atoms with E-state index in [1.54, 1.807) is 7.05 Å². The first kappa shape index (κ1) is 20.4. The molecule has 0 amide bonds. The molecular formula is C24H28N4O2S. The summed E-state index contributed by atoms with van der Waals surface area (Å²) in [5.74, 6) is 0.438. The smallest absolute Gasteiger partial charge is 0.243 e. The molecular weight excluding hydrogens is 408 g/mol. The molecule has 3 aromatic rings. The molecule has 1 N–H and O–H groups in total. The molecule has 2 unspecified atom stereocenters. The van der Waals surface area contributed by atoms with Crippen LogP contribution >= 0.6 is 0 Å². The molecule has 2 aromatic carbocycles. The van der Waals surface area contributed by atoms with Gasteiger partial charge in [-0.15, -0.1) is 0 Å². The van der Waals surface area contributed by atoms with E-state index in [0.29, 0.717) is 12.0 Å². The lowest BCUT2D eigenvalue weighted by Crippen LogP contribution is -2.47. The molecule has 2 aliphatic rings. The Morgan fingerprint density at radius 2 is 1.90 bits per heavy atom. The van der Waals surface area contributed by atoms with E-state index in [9.17, 15) is 8.42 Å². The summed E-state index contributed by atoms with van der Waals surface area (Å²) in [4.78, 5) is 2.80. The third-order valence-electron chi connectivity index (χ3n) is 6.62. The van der Waals surface area contributed by atoms with Crippen LogP contribution in [0, 0.1) is 0 Å². The predicted octanol–water partition coefficient (Wildman–Crippen LogP) is 2.86. The number of hydrogen-bond acceptors (Lipinski definition) is 4. The Kier molecular flexibility index (Phi) is 5.42. The highest BCUT2D eigenvalue weighted by atomic mass is 32.2. The van der Waals surface area contributed by atoms with Crippen molar-refractivity contribution in [2.45, 2.75) is 42.7 Å². The lowest BCUT2D eigenvalue weighted by Gasteiger charge is -2.39. The van der Waals surface area contributed by atoms with Crippen molar-refractivity contribution >= 4 is 10.0 Å². The van der Waals surface area contributed by atoms with Gasteiger partial charge in [-0.2, -0.15) is 5.10 Å². The molecule has 0 saturated carbocycles. The number of nitrogens with one attached hydrogen (secondary N) is 1. The number of nitrogens with zero attached hydrogens (tertiary/aromatic N) is 3. The van der Waals surface area contributed by atoms with Crippen molar-refractivity contribution in [1.29, 1.82) is 0 Å². The van der Waals surface area contributed by atoms with Crippen LogP contribution in [0.5, 0.6) is 0 Å². The van der Waals surface area contributed by atoms with E-state index in [4.69, 9.17) is 0 Å². The van der Waals surface area contributed by atoms with E-state index >= 15 is 0 Å². The maximum Gasteiger partial charge on any atom is 0.243 e. The van der Waals surface area contributed by atoms with Gasteiger partial charge >= 0.3 is 0 Å². The van der Waals surface area contributed by atoms with Gasteiger partial charge in [-0.3, -0.25) is 9.58 Å². The van der Waals surface area contributed by atoms with Crippen LogP contribution in [-0.4, -0.2) is 42.2 Å². The van der Waals surface area contributed by atoms with Gasteiger partial charge in [0.1, 0.15) is 4.90 Å². The van der Waals surface area contributed by atoms with Gasteiger partial charge in [0.15, 0.2) is 0 Å². The third kappa shape index (κ3) is 4.18. The highest BCUT2D eigenvalue weighted by Crippen LogP contribution is 2.40. The summed E-state index contributed by atoms with van der Waals surface area (Å²) in [6.45, 7) is 2.64. The monoisotopic (exact) mass is 436 g/mol. The summed E-state index contributed by atoms with van der Waals surface area (Å²) < 4.78 is 29.4. The molecule has 0 radical (unpaired) electrons. The predicted molar refractivity (Wildman–Crippen MR) is 120 cm³/mol. The fourth-order valence-corrected chi connectivity index (χ4v) is 5.83. The molecule has 7 heteroatoms. The second-order valence-electron chi connectivity index (χ2n) is 8.66. The number of rotatable bonds is 7. The van der Waals surface area contributed by atoms with E-state index in [1.165, 1.54) is 53.3 Å². The first-order chi connectivity index (χ1) is 15.0. The lowest BCUT2D eigenvalue weighted by molar-refractivity contribution is 0.106. The fraction of sp³-hybridized carbons (Fsp3) is 0.375. The number of likely N-dealkylation sites (tertiary alicyclic amines) is 1. The molecule has 2 atom stereocenters. The van der Waals surface area contributed by atoms with Gasteiger partial charge in [-0.25, -0.2) is 13.1 Å². The van der Waals surface area contributed by atoms with Crippen molar-refractivity contribution in [1.82, 2.24) is 19.4 Å². The van der Waals surface area contributed by atoms with E-state index in [1.807, 2.05) is 0 Å². The van der Waals surface area contributed by atoms with Crippen LogP contribution in [0.25, 0.3) is 0 Å². The van der Waals surface area contributed by atoms with Crippen molar-refractivity contribution < 1.29 is 8.42 Å². The molecule has 1 saturated heterocycles. The molecule has 0 spiro atoms. The van der Waals surface area contributed by atoms with Crippen molar-refractivity contribution in [3.05, 3.63) is 83.2 Å². The minimum absolute atomic E-state index is 0.191. The van der Waals surface area contributed by atoms with Crippen LogP contribution < -0.4 is 4.72 Å². The molecule has 2 heterocycles. The Balaban J connectivity index is 1.38. The minimum atomic E-state index is -3.57. The van der Waals surface area contributed by atoms with Crippen molar-refractivity contribution in [3.63, 3.8) is 0 Å². The Morgan fingerprint density at radius 1 is 1.10 bits per heavy atom. The van der Waals surface area contributed by atoms with Crippen LogP contribution in [0.4, 0.5) is 0 Å². The van der Waals surface area contributed by atoms with Gasteiger partial charge in [-0.1, -0.05) is 48.5 Å². The number of aryl methyl sites for hydroxylation is 1. The van der Waals surface area contributed by atoms with E-state index < -0.39 is 10.0 Å². The highest BCUT2D eigenvalue weighted by molar-refractivity contribution is 7.89. The molecule has 1 aromatic heterocycles. The Hall–Kier alpha value is -2.48. The number of fused-ring (bicyclic) bond motifs is 1. The molecule has 0 bridgehead atoms. The highest BCUT2D eigenvalue weighted by Gasteiger charge is 2.38. The summed E-state index contributed by atoms with van der Waals surface area (Å²) in [6.07, 6.45) is 6.26. The Labute approximate surface area is 183 Å². The van der Waals surface area contributed by atoms with E-state index in [2.05, 4.69) is 63.3 Å². The van der Waals surface area contributed by atoms with Crippen molar-refractivity contribution in [3.8, 4) is 0 Å². The molecule has 5 rings (SSSR count). The van der Waals surface area contributed by atoms with E-state index in [0.717, 1.165) is 18.4 Å². The second-order valence-corrected chi connectivity index (χ2v) is 10.4. The van der Waals surface area contributed by atoms with Crippen molar-refractivity contribution in [2.24, 2.45) is 7.05 Å². The third-order valence-corrected chi connectivity index (χ3v) is 7.97. The Morgan fingerprint density at radius 3 is 2.58 bits per heavy atom. The molecule has 1 fully saturated rings. The van der Waals surface area contributed by atoms with Gasteiger partial charge < -0.3 is 0 Å². The Bertz CT molecular complexity index is 1170. The number of benzene rings is 2. The van der Waals surface area contributed by atoms with Crippen LogP contribution in [0.15, 0.2) is 65.8 Å². The fourth-order valence-electron chi connectivity index (χ4n) is 4.83. The maximum atomic E-state index is 12.6. The van der Waals surface area contributed by atoms with Crippen LogP contribution in [0.3, 0.4) is 0 Å². The summed E-state index contributed by atoms with van der Waals surface area (Å²) in [6, 6.07) is 17.7. The maximum absolute atomic E-state index is 12.6. The van der Waals surface area contributed by atoms with Gasteiger partial charge in [0.2, 0.25) is 10.0 Å². The van der Waals surface area contributed by atoms with E-state index in [-0.39, 0.29) is 11.4 Å². The largest absolute Gasteiger partial charge is 0.299 e.